The second-order valence-corrected chi connectivity index (χ2v) is 5.37. The highest BCUT2D eigenvalue weighted by Gasteiger charge is 2.13. The van der Waals surface area contributed by atoms with Gasteiger partial charge in [-0.15, -0.1) is 0 Å². The Morgan fingerprint density at radius 2 is 2.15 bits per heavy atom. The number of hydrogen-bond donors (Lipinski definition) is 1. The van der Waals surface area contributed by atoms with Crippen LogP contribution in [0.15, 0.2) is 24.5 Å². The summed E-state index contributed by atoms with van der Waals surface area (Å²) in [5.41, 5.74) is 2.99. The maximum Gasteiger partial charge on any atom is 0.0955 e. The predicted octanol–water partition coefficient (Wildman–Crippen LogP) is 2.73. The maximum absolute atomic E-state index is 10.4. The molecule has 1 unspecified atom stereocenters. The summed E-state index contributed by atoms with van der Waals surface area (Å²) in [6, 6.07) is 6.03. The van der Waals surface area contributed by atoms with E-state index in [9.17, 15) is 5.11 Å². The minimum absolute atomic E-state index is 0.446. The van der Waals surface area contributed by atoms with Gasteiger partial charge in [0, 0.05) is 13.6 Å². The van der Waals surface area contributed by atoms with Crippen LogP contribution >= 0.6 is 0 Å². The van der Waals surface area contributed by atoms with Gasteiger partial charge >= 0.3 is 0 Å². The van der Waals surface area contributed by atoms with Gasteiger partial charge in [0.15, 0.2) is 0 Å². The molecule has 0 radical (unpaired) electrons. The lowest BCUT2D eigenvalue weighted by atomic mass is 10.1. The Labute approximate surface area is 121 Å². The van der Waals surface area contributed by atoms with Crippen molar-refractivity contribution >= 4 is 11.0 Å². The summed E-state index contributed by atoms with van der Waals surface area (Å²) in [6.07, 6.45) is 3.73. The Morgan fingerprint density at radius 3 is 2.85 bits per heavy atom. The number of rotatable bonds is 7. The molecule has 0 bridgehead atoms. The Morgan fingerprint density at radius 1 is 1.35 bits per heavy atom. The van der Waals surface area contributed by atoms with Gasteiger partial charge in [-0.2, -0.15) is 0 Å². The molecule has 1 aromatic carbocycles. The molecule has 1 atom stereocenters. The molecule has 0 aliphatic carbocycles. The van der Waals surface area contributed by atoms with Crippen LogP contribution in [0.2, 0.25) is 0 Å². The van der Waals surface area contributed by atoms with Crippen molar-refractivity contribution in [3.8, 4) is 0 Å². The molecule has 0 aliphatic heterocycles. The van der Waals surface area contributed by atoms with Crippen molar-refractivity contribution in [2.45, 2.75) is 32.8 Å². The van der Waals surface area contributed by atoms with Gasteiger partial charge in [-0.25, -0.2) is 4.98 Å². The lowest BCUT2D eigenvalue weighted by Gasteiger charge is -2.23. The Balaban J connectivity index is 2.07. The molecule has 1 heterocycles. The minimum Gasteiger partial charge on any atom is -0.387 e. The SMILES string of the molecule is CCCCN(CC)CC(O)c1ccc2c(c1)ncn2C. The molecule has 110 valence electrons. The van der Waals surface area contributed by atoms with Crippen molar-refractivity contribution in [1.29, 1.82) is 0 Å². The van der Waals surface area contributed by atoms with E-state index in [1.165, 1.54) is 12.8 Å². The monoisotopic (exact) mass is 275 g/mol. The number of hydrogen-bond acceptors (Lipinski definition) is 3. The first-order valence-corrected chi connectivity index (χ1v) is 7.47. The van der Waals surface area contributed by atoms with Crippen molar-refractivity contribution in [1.82, 2.24) is 14.5 Å². The van der Waals surface area contributed by atoms with Crippen LogP contribution in [0.5, 0.6) is 0 Å². The third-order valence-corrected chi connectivity index (χ3v) is 3.84. The number of benzene rings is 1. The molecule has 1 N–H and O–H groups in total. The van der Waals surface area contributed by atoms with Crippen molar-refractivity contribution in [3.63, 3.8) is 0 Å². The van der Waals surface area contributed by atoms with Crippen LogP contribution in [0.25, 0.3) is 11.0 Å². The van der Waals surface area contributed by atoms with Gasteiger partial charge in [0.05, 0.1) is 23.5 Å². The van der Waals surface area contributed by atoms with E-state index in [-0.39, 0.29) is 0 Å². The van der Waals surface area contributed by atoms with Gasteiger partial charge < -0.3 is 14.6 Å². The summed E-state index contributed by atoms with van der Waals surface area (Å²) < 4.78 is 1.99. The van der Waals surface area contributed by atoms with E-state index in [1.54, 1.807) is 6.33 Å². The molecular weight excluding hydrogens is 250 g/mol. The van der Waals surface area contributed by atoms with E-state index in [0.29, 0.717) is 6.54 Å². The van der Waals surface area contributed by atoms with E-state index in [2.05, 4.69) is 23.7 Å². The van der Waals surface area contributed by atoms with Gasteiger partial charge in [-0.3, -0.25) is 0 Å². The molecule has 2 aromatic rings. The Kier molecular flexibility index (Phi) is 5.15. The third kappa shape index (κ3) is 3.38. The second-order valence-electron chi connectivity index (χ2n) is 5.37. The first-order valence-electron chi connectivity index (χ1n) is 7.47. The molecule has 0 spiro atoms. The first kappa shape index (κ1) is 15.0. The number of fused-ring (bicyclic) bond motifs is 1. The average Bonchev–Trinajstić information content (AvgIpc) is 2.84. The summed E-state index contributed by atoms with van der Waals surface area (Å²) in [5.74, 6) is 0. The average molecular weight is 275 g/mol. The molecule has 0 amide bonds. The molecule has 4 nitrogen and oxygen atoms in total. The molecule has 0 saturated heterocycles. The summed E-state index contributed by atoms with van der Waals surface area (Å²) in [5, 5.41) is 10.4. The topological polar surface area (TPSA) is 41.3 Å². The lowest BCUT2D eigenvalue weighted by molar-refractivity contribution is 0.115. The molecule has 4 heteroatoms. The largest absolute Gasteiger partial charge is 0.387 e. The van der Waals surface area contributed by atoms with E-state index < -0.39 is 6.10 Å². The third-order valence-electron chi connectivity index (χ3n) is 3.84. The number of aliphatic hydroxyl groups excluding tert-OH is 1. The van der Waals surface area contributed by atoms with Crippen LogP contribution in [0, 0.1) is 0 Å². The highest BCUT2D eigenvalue weighted by molar-refractivity contribution is 5.76. The van der Waals surface area contributed by atoms with E-state index >= 15 is 0 Å². The zero-order valence-electron chi connectivity index (χ0n) is 12.7. The molecule has 2 rings (SSSR count). The second kappa shape index (κ2) is 6.86. The van der Waals surface area contributed by atoms with Crippen molar-refractivity contribution in [3.05, 3.63) is 30.1 Å². The van der Waals surface area contributed by atoms with Gasteiger partial charge in [-0.1, -0.05) is 26.3 Å². The van der Waals surface area contributed by atoms with Crippen LogP contribution < -0.4 is 0 Å². The van der Waals surface area contributed by atoms with Crippen LogP contribution in [0.4, 0.5) is 0 Å². The molecule has 0 fully saturated rings. The quantitative estimate of drug-likeness (QED) is 0.844. The van der Waals surface area contributed by atoms with Crippen molar-refractivity contribution < 1.29 is 5.11 Å². The number of aromatic nitrogens is 2. The molecule has 1 aromatic heterocycles. The molecule has 20 heavy (non-hydrogen) atoms. The predicted molar refractivity (Wildman–Crippen MR) is 82.7 cm³/mol. The smallest absolute Gasteiger partial charge is 0.0955 e. The fourth-order valence-corrected chi connectivity index (χ4v) is 2.47. The zero-order valence-corrected chi connectivity index (χ0v) is 12.7. The van der Waals surface area contributed by atoms with Crippen LogP contribution in [-0.2, 0) is 7.05 Å². The van der Waals surface area contributed by atoms with E-state index in [4.69, 9.17) is 0 Å². The van der Waals surface area contributed by atoms with Crippen LogP contribution in [0.1, 0.15) is 38.4 Å². The summed E-state index contributed by atoms with van der Waals surface area (Å²) in [4.78, 5) is 6.65. The Bertz CT molecular complexity index is 550. The number of aliphatic hydroxyl groups is 1. The number of likely N-dealkylation sites (N-methyl/N-ethyl adjacent to an activating group) is 1. The number of imidazole rings is 1. The number of unbranched alkanes of at least 4 members (excludes halogenated alkanes) is 1. The first-order chi connectivity index (χ1) is 9.65. The summed E-state index contributed by atoms with van der Waals surface area (Å²) >= 11 is 0. The molecular formula is C16H25N3O. The minimum atomic E-state index is -0.446. The standard InChI is InChI=1S/C16H25N3O/c1-4-6-9-19(5-2)11-16(20)13-7-8-15-14(10-13)17-12-18(15)3/h7-8,10,12,16,20H,4-6,9,11H2,1-3H3. The van der Waals surface area contributed by atoms with Crippen molar-refractivity contribution in [2.24, 2.45) is 7.05 Å². The van der Waals surface area contributed by atoms with Gasteiger partial charge in [0.25, 0.3) is 0 Å². The fraction of sp³-hybridized carbons (Fsp3) is 0.562. The highest BCUT2D eigenvalue weighted by Crippen LogP contribution is 2.20. The lowest BCUT2D eigenvalue weighted by Crippen LogP contribution is -2.29. The number of nitrogens with zero attached hydrogens (tertiary/aromatic N) is 3. The van der Waals surface area contributed by atoms with Gasteiger partial charge in [0.1, 0.15) is 0 Å². The highest BCUT2D eigenvalue weighted by atomic mass is 16.3. The normalized spacial score (nSPS) is 13.2. The van der Waals surface area contributed by atoms with E-state index in [1.807, 2.05) is 29.8 Å². The van der Waals surface area contributed by atoms with Gasteiger partial charge in [-0.05, 0) is 37.2 Å². The summed E-state index contributed by atoms with van der Waals surface area (Å²) in [7, 11) is 1.98. The summed E-state index contributed by atoms with van der Waals surface area (Å²) in [6.45, 7) is 7.05. The fourth-order valence-electron chi connectivity index (χ4n) is 2.47. The molecule has 0 saturated carbocycles. The maximum atomic E-state index is 10.4. The zero-order chi connectivity index (χ0) is 14.5. The molecule has 0 aliphatic rings. The van der Waals surface area contributed by atoms with E-state index in [0.717, 1.165) is 29.7 Å². The van der Waals surface area contributed by atoms with Gasteiger partial charge in [0.2, 0.25) is 0 Å². The van der Waals surface area contributed by atoms with Crippen LogP contribution in [-0.4, -0.2) is 39.2 Å². The van der Waals surface area contributed by atoms with Crippen molar-refractivity contribution in [2.75, 3.05) is 19.6 Å². The Hall–Kier alpha value is -1.39. The number of aryl methyl sites for hydroxylation is 1. The van der Waals surface area contributed by atoms with Crippen LogP contribution in [0.3, 0.4) is 0 Å².